The molecule has 0 radical (unpaired) electrons. The van der Waals surface area contributed by atoms with E-state index in [0.717, 1.165) is 15.2 Å². The molecule has 0 amide bonds. The van der Waals surface area contributed by atoms with Crippen molar-refractivity contribution in [3.8, 4) is 0 Å². The maximum absolute atomic E-state index is 9.71. The number of fused-ring (bicyclic) bond motifs is 1. The average molecular weight is 208 g/mol. The van der Waals surface area contributed by atoms with Gasteiger partial charge < -0.3 is 10.4 Å². The van der Waals surface area contributed by atoms with Crippen LogP contribution in [0.2, 0.25) is 0 Å². The predicted molar refractivity (Wildman–Crippen MR) is 58.5 cm³/mol. The number of hydrogen-bond acceptors (Lipinski definition) is 4. The van der Waals surface area contributed by atoms with Crippen LogP contribution in [0.3, 0.4) is 0 Å². The third kappa shape index (κ3) is 1.77. The van der Waals surface area contributed by atoms with Crippen LogP contribution in [0.4, 0.5) is 0 Å². The molecular formula is C10H12N2OS. The molecule has 2 rings (SSSR count). The normalized spacial score (nSPS) is 13.3. The van der Waals surface area contributed by atoms with Crippen molar-refractivity contribution in [2.45, 2.75) is 6.10 Å². The lowest BCUT2D eigenvalue weighted by Gasteiger charge is -2.04. The first-order valence-electron chi connectivity index (χ1n) is 4.49. The summed E-state index contributed by atoms with van der Waals surface area (Å²) < 4.78 is 1.12. The number of aliphatic hydroxyl groups excluding tert-OH is 1. The molecule has 0 spiro atoms. The van der Waals surface area contributed by atoms with Crippen LogP contribution in [-0.4, -0.2) is 23.7 Å². The van der Waals surface area contributed by atoms with Crippen molar-refractivity contribution >= 4 is 21.6 Å². The van der Waals surface area contributed by atoms with Crippen molar-refractivity contribution in [3.63, 3.8) is 0 Å². The minimum Gasteiger partial charge on any atom is -0.385 e. The lowest BCUT2D eigenvalue weighted by molar-refractivity contribution is 0.177. The molecule has 1 atom stereocenters. The van der Waals surface area contributed by atoms with Crippen molar-refractivity contribution in [2.24, 2.45) is 0 Å². The number of rotatable bonds is 3. The molecule has 1 aromatic carbocycles. The number of nitrogens with one attached hydrogen (secondary N) is 1. The van der Waals surface area contributed by atoms with Gasteiger partial charge in [0.2, 0.25) is 0 Å². The van der Waals surface area contributed by atoms with E-state index < -0.39 is 6.10 Å². The van der Waals surface area contributed by atoms with Crippen molar-refractivity contribution in [2.75, 3.05) is 13.6 Å². The van der Waals surface area contributed by atoms with Gasteiger partial charge in [-0.3, -0.25) is 0 Å². The topological polar surface area (TPSA) is 45.1 Å². The number of thiazole rings is 1. The van der Waals surface area contributed by atoms with E-state index in [2.05, 4.69) is 10.3 Å². The van der Waals surface area contributed by atoms with Gasteiger partial charge in [0.05, 0.1) is 10.2 Å². The van der Waals surface area contributed by atoms with Gasteiger partial charge >= 0.3 is 0 Å². The first kappa shape index (κ1) is 9.58. The van der Waals surface area contributed by atoms with E-state index in [1.54, 1.807) is 11.3 Å². The van der Waals surface area contributed by atoms with Gasteiger partial charge in [0.25, 0.3) is 0 Å². The number of likely N-dealkylation sites (N-methyl/N-ethyl adjacent to an activating group) is 1. The monoisotopic (exact) mass is 208 g/mol. The second-order valence-electron chi connectivity index (χ2n) is 3.09. The van der Waals surface area contributed by atoms with Crippen molar-refractivity contribution < 1.29 is 5.11 Å². The van der Waals surface area contributed by atoms with E-state index in [9.17, 15) is 5.11 Å². The summed E-state index contributed by atoms with van der Waals surface area (Å²) in [6.07, 6.45) is -0.502. The van der Waals surface area contributed by atoms with Gasteiger partial charge in [-0.05, 0) is 19.2 Å². The molecule has 14 heavy (non-hydrogen) atoms. The summed E-state index contributed by atoms with van der Waals surface area (Å²) in [7, 11) is 1.82. The number of aromatic nitrogens is 1. The Balaban J connectivity index is 2.35. The summed E-state index contributed by atoms with van der Waals surface area (Å²) in [4.78, 5) is 4.36. The number of para-hydroxylation sites is 1. The lowest BCUT2D eigenvalue weighted by atomic mass is 10.3. The van der Waals surface area contributed by atoms with E-state index in [4.69, 9.17) is 0 Å². The molecule has 1 aromatic heterocycles. The lowest BCUT2D eigenvalue weighted by Crippen LogP contribution is -2.16. The van der Waals surface area contributed by atoms with Gasteiger partial charge in [0, 0.05) is 6.54 Å². The van der Waals surface area contributed by atoms with E-state index >= 15 is 0 Å². The van der Waals surface area contributed by atoms with Crippen molar-refractivity contribution in [1.29, 1.82) is 0 Å². The molecule has 2 aromatic rings. The molecule has 0 aliphatic rings. The summed E-state index contributed by atoms with van der Waals surface area (Å²) >= 11 is 1.54. The summed E-state index contributed by atoms with van der Waals surface area (Å²) in [6, 6.07) is 7.91. The van der Waals surface area contributed by atoms with Gasteiger partial charge in [-0.2, -0.15) is 0 Å². The zero-order valence-electron chi connectivity index (χ0n) is 7.90. The second-order valence-corrected chi connectivity index (χ2v) is 4.16. The van der Waals surface area contributed by atoms with Gasteiger partial charge in [-0.15, -0.1) is 11.3 Å². The van der Waals surface area contributed by atoms with Gasteiger partial charge in [-0.25, -0.2) is 4.98 Å². The Labute approximate surface area is 86.4 Å². The number of nitrogens with zero attached hydrogens (tertiary/aromatic N) is 1. The fourth-order valence-electron chi connectivity index (χ4n) is 1.31. The Morgan fingerprint density at radius 2 is 2.29 bits per heavy atom. The van der Waals surface area contributed by atoms with Gasteiger partial charge in [-0.1, -0.05) is 12.1 Å². The number of benzene rings is 1. The molecule has 0 aliphatic carbocycles. The van der Waals surface area contributed by atoms with E-state index in [1.165, 1.54) is 0 Å². The van der Waals surface area contributed by atoms with E-state index in [1.807, 2.05) is 31.3 Å². The molecule has 1 heterocycles. The maximum atomic E-state index is 9.71. The molecule has 0 saturated carbocycles. The highest BCUT2D eigenvalue weighted by Gasteiger charge is 2.11. The Hall–Kier alpha value is -0.970. The van der Waals surface area contributed by atoms with E-state index in [0.29, 0.717) is 6.54 Å². The summed E-state index contributed by atoms with van der Waals surface area (Å²) in [5.74, 6) is 0. The van der Waals surface area contributed by atoms with Crippen LogP contribution >= 0.6 is 11.3 Å². The highest BCUT2D eigenvalue weighted by molar-refractivity contribution is 7.18. The first-order chi connectivity index (χ1) is 6.81. The highest BCUT2D eigenvalue weighted by Crippen LogP contribution is 2.25. The number of aliphatic hydroxyl groups is 1. The van der Waals surface area contributed by atoms with Crippen LogP contribution in [0.25, 0.3) is 10.2 Å². The van der Waals surface area contributed by atoms with Crippen LogP contribution in [0.1, 0.15) is 11.1 Å². The smallest absolute Gasteiger partial charge is 0.124 e. The SMILES string of the molecule is CNCC(O)c1nc2ccccc2s1. The Kier molecular flexibility index (Phi) is 2.77. The molecule has 0 fully saturated rings. The van der Waals surface area contributed by atoms with Crippen LogP contribution in [0.15, 0.2) is 24.3 Å². The fraction of sp³-hybridized carbons (Fsp3) is 0.300. The van der Waals surface area contributed by atoms with Crippen LogP contribution in [0.5, 0.6) is 0 Å². The quantitative estimate of drug-likeness (QED) is 0.804. The van der Waals surface area contributed by atoms with Crippen LogP contribution in [0, 0.1) is 0 Å². The fourth-order valence-corrected chi connectivity index (χ4v) is 2.27. The van der Waals surface area contributed by atoms with Crippen molar-refractivity contribution in [3.05, 3.63) is 29.3 Å². The van der Waals surface area contributed by atoms with Crippen LogP contribution in [-0.2, 0) is 0 Å². The van der Waals surface area contributed by atoms with Crippen LogP contribution < -0.4 is 5.32 Å². The third-order valence-electron chi connectivity index (χ3n) is 1.99. The summed E-state index contributed by atoms with van der Waals surface area (Å²) in [5.41, 5.74) is 0.961. The number of hydrogen-bond donors (Lipinski definition) is 2. The zero-order valence-corrected chi connectivity index (χ0v) is 8.71. The van der Waals surface area contributed by atoms with Crippen molar-refractivity contribution in [1.82, 2.24) is 10.3 Å². The summed E-state index contributed by atoms with van der Waals surface area (Å²) in [6.45, 7) is 0.541. The zero-order chi connectivity index (χ0) is 9.97. The summed E-state index contributed by atoms with van der Waals surface area (Å²) in [5, 5.41) is 13.4. The molecule has 0 bridgehead atoms. The second kappa shape index (κ2) is 4.04. The Bertz CT molecular complexity index is 394. The minimum absolute atomic E-state index is 0.502. The maximum Gasteiger partial charge on any atom is 0.124 e. The largest absolute Gasteiger partial charge is 0.385 e. The molecule has 0 aliphatic heterocycles. The average Bonchev–Trinajstić information content (AvgIpc) is 2.61. The molecule has 4 heteroatoms. The Morgan fingerprint density at radius 1 is 1.50 bits per heavy atom. The van der Waals surface area contributed by atoms with E-state index in [-0.39, 0.29) is 0 Å². The molecule has 1 unspecified atom stereocenters. The molecule has 0 saturated heterocycles. The predicted octanol–water partition coefficient (Wildman–Crippen LogP) is 1.55. The first-order valence-corrected chi connectivity index (χ1v) is 5.31. The van der Waals surface area contributed by atoms with Gasteiger partial charge in [0.15, 0.2) is 0 Å². The highest BCUT2D eigenvalue weighted by atomic mass is 32.1. The molecule has 3 nitrogen and oxygen atoms in total. The Morgan fingerprint density at radius 3 is 3.00 bits per heavy atom. The van der Waals surface area contributed by atoms with Gasteiger partial charge in [0.1, 0.15) is 11.1 Å². The third-order valence-corrected chi connectivity index (χ3v) is 3.13. The molecular weight excluding hydrogens is 196 g/mol. The standard InChI is InChI=1S/C10H12N2OS/c1-11-6-8(13)10-12-7-4-2-3-5-9(7)14-10/h2-5,8,11,13H,6H2,1H3. The molecule has 2 N–H and O–H groups in total. The minimum atomic E-state index is -0.502. The molecule has 74 valence electrons.